The molecule has 0 fully saturated rings. The Balaban J connectivity index is 2.34. The number of aromatic hydroxyl groups is 1. The van der Waals surface area contributed by atoms with E-state index in [1.165, 1.54) is 22.0 Å². The minimum atomic E-state index is 0.395. The summed E-state index contributed by atoms with van der Waals surface area (Å²) in [7, 11) is 0.491. The number of hydrogen-bond acceptors (Lipinski definition) is 2. The number of hydrogen-bond donors (Lipinski definition) is 2. The largest absolute Gasteiger partial charge is 0.507 e. The molecule has 0 saturated heterocycles. The van der Waals surface area contributed by atoms with Crippen LogP contribution in [0.5, 0.6) is 5.75 Å². The van der Waals surface area contributed by atoms with Crippen molar-refractivity contribution in [1.82, 2.24) is 5.32 Å². The van der Waals surface area contributed by atoms with Gasteiger partial charge in [0.15, 0.2) is 0 Å². The van der Waals surface area contributed by atoms with E-state index in [4.69, 9.17) is 0 Å². The lowest BCUT2D eigenvalue weighted by Gasteiger charge is -2.14. The molecule has 0 bridgehead atoms. The van der Waals surface area contributed by atoms with Crippen molar-refractivity contribution in [2.24, 2.45) is 0 Å². The molecule has 0 radical (unpaired) electrons. The van der Waals surface area contributed by atoms with Gasteiger partial charge in [0.25, 0.3) is 0 Å². The average Bonchev–Trinajstić information content (AvgIpc) is 2.43. The van der Waals surface area contributed by atoms with Crippen LogP contribution in [0.25, 0.3) is 0 Å². The first-order chi connectivity index (χ1) is 9.61. The van der Waals surface area contributed by atoms with Gasteiger partial charge in [0.2, 0.25) is 0 Å². The van der Waals surface area contributed by atoms with E-state index in [0.717, 1.165) is 18.4 Å². The first kappa shape index (κ1) is 15.0. The number of phenolic OH excluding ortho intramolecular Hbond substituents is 1. The highest BCUT2D eigenvalue weighted by atomic mass is 31.1. The predicted octanol–water partition coefficient (Wildman–Crippen LogP) is 2.75. The van der Waals surface area contributed by atoms with Crippen LogP contribution in [-0.4, -0.2) is 11.7 Å². The molecule has 2 rings (SSSR count). The first-order valence-electron chi connectivity index (χ1n) is 6.97. The fraction of sp³-hybridized carbons (Fsp3) is 0.294. The van der Waals surface area contributed by atoms with Crippen LogP contribution in [0, 0.1) is 13.8 Å². The van der Waals surface area contributed by atoms with E-state index in [-0.39, 0.29) is 0 Å². The first-order valence-corrected chi connectivity index (χ1v) is 7.97. The lowest BCUT2D eigenvalue weighted by atomic mass is 10.1. The molecule has 3 heteroatoms. The summed E-state index contributed by atoms with van der Waals surface area (Å²) in [5, 5.41) is 15.8. The highest BCUT2D eigenvalue weighted by Crippen LogP contribution is 2.22. The maximum Gasteiger partial charge on any atom is 0.123 e. The molecule has 0 heterocycles. The topological polar surface area (TPSA) is 32.3 Å². The third kappa shape index (κ3) is 3.59. The number of phenols is 1. The van der Waals surface area contributed by atoms with E-state index in [9.17, 15) is 5.11 Å². The Labute approximate surface area is 123 Å². The summed E-state index contributed by atoms with van der Waals surface area (Å²) in [6, 6.07) is 12.2. The average molecular weight is 287 g/mol. The summed E-state index contributed by atoms with van der Waals surface area (Å²) in [6.07, 6.45) is 0. The summed E-state index contributed by atoms with van der Waals surface area (Å²) >= 11 is 0. The second-order valence-corrected chi connectivity index (χ2v) is 6.32. The second-order valence-electron chi connectivity index (χ2n) is 5.03. The summed E-state index contributed by atoms with van der Waals surface area (Å²) in [6.45, 7) is 8.17. The van der Waals surface area contributed by atoms with Gasteiger partial charge in [-0.15, -0.1) is 0 Å². The van der Waals surface area contributed by atoms with Crippen molar-refractivity contribution in [2.75, 3.05) is 6.54 Å². The quantitative estimate of drug-likeness (QED) is 0.829. The molecule has 1 atom stereocenters. The van der Waals surface area contributed by atoms with E-state index in [0.29, 0.717) is 14.3 Å². The van der Waals surface area contributed by atoms with E-state index >= 15 is 0 Å². The number of benzene rings is 2. The Morgan fingerprint density at radius 1 is 1.15 bits per heavy atom. The van der Waals surface area contributed by atoms with Crippen LogP contribution in [0.4, 0.5) is 0 Å². The van der Waals surface area contributed by atoms with Crippen LogP contribution in [0.3, 0.4) is 0 Å². The third-order valence-electron chi connectivity index (χ3n) is 3.34. The fourth-order valence-electron chi connectivity index (χ4n) is 2.20. The van der Waals surface area contributed by atoms with Crippen molar-refractivity contribution in [1.29, 1.82) is 0 Å². The van der Waals surface area contributed by atoms with Crippen molar-refractivity contribution in [3.63, 3.8) is 0 Å². The van der Waals surface area contributed by atoms with E-state index in [1.54, 1.807) is 6.07 Å². The van der Waals surface area contributed by atoms with Crippen molar-refractivity contribution < 1.29 is 5.11 Å². The Morgan fingerprint density at radius 3 is 2.70 bits per heavy atom. The van der Waals surface area contributed by atoms with Crippen LogP contribution in [0.1, 0.15) is 23.6 Å². The number of nitrogens with one attached hydrogen (secondary N) is 1. The molecule has 0 amide bonds. The zero-order valence-corrected chi connectivity index (χ0v) is 13.3. The van der Waals surface area contributed by atoms with E-state index < -0.39 is 0 Å². The minimum absolute atomic E-state index is 0.395. The van der Waals surface area contributed by atoms with E-state index in [1.807, 2.05) is 6.07 Å². The van der Waals surface area contributed by atoms with Crippen LogP contribution >= 0.6 is 8.58 Å². The molecular formula is C17H22NOP. The monoisotopic (exact) mass is 287 g/mol. The van der Waals surface area contributed by atoms with Crippen LogP contribution in [0.2, 0.25) is 0 Å². The molecule has 2 nitrogen and oxygen atoms in total. The van der Waals surface area contributed by atoms with Gasteiger partial charge in [-0.05, 0) is 49.0 Å². The van der Waals surface area contributed by atoms with Crippen LogP contribution < -0.4 is 15.9 Å². The van der Waals surface area contributed by atoms with Crippen LogP contribution in [-0.2, 0) is 6.54 Å². The van der Waals surface area contributed by atoms with Crippen molar-refractivity contribution in [3.05, 3.63) is 53.1 Å². The molecule has 106 valence electrons. The predicted molar refractivity (Wildman–Crippen MR) is 89.0 cm³/mol. The highest BCUT2D eigenvalue weighted by Gasteiger charge is 2.09. The van der Waals surface area contributed by atoms with Crippen molar-refractivity contribution in [2.45, 2.75) is 27.3 Å². The standard InChI is InChI=1S/C17H22NOP/c1-4-18-11-14-7-5-6-13(3)17(14)20-16-10-12(2)8-9-15(16)19/h5-10,18-20H,4,11H2,1-3H3. The second kappa shape index (κ2) is 6.88. The summed E-state index contributed by atoms with van der Waals surface area (Å²) in [4.78, 5) is 0. The Kier molecular flexibility index (Phi) is 5.17. The molecule has 0 spiro atoms. The summed E-state index contributed by atoms with van der Waals surface area (Å²) in [5.74, 6) is 0.395. The van der Waals surface area contributed by atoms with E-state index in [2.05, 4.69) is 50.4 Å². The molecule has 2 aromatic rings. The van der Waals surface area contributed by atoms with Gasteiger partial charge < -0.3 is 10.4 Å². The van der Waals surface area contributed by atoms with Gasteiger partial charge in [0.05, 0.1) is 0 Å². The Bertz CT molecular complexity index is 596. The molecule has 2 N–H and O–H groups in total. The van der Waals surface area contributed by atoms with Gasteiger partial charge in [-0.1, -0.05) is 45.3 Å². The van der Waals surface area contributed by atoms with Gasteiger partial charge in [-0.3, -0.25) is 0 Å². The molecular weight excluding hydrogens is 265 g/mol. The van der Waals surface area contributed by atoms with Gasteiger partial charge in [-0.25, -0.2) is 0 Å². The lowest BCUT2D eigenvalue weighted by Crippen LogP contribution is -2.20. The molecule has 1 unspecified atom stereocenters. The molecule has 0 aliphatic heterocycles. The fourth-order valence-corrected chi connectivity index (χ4v) is 3.59. The van der Waals surface area contributed by atoms with Gasteiger partial charge in [0.1, 0.15) is 5.75 Å². The molecule has 20 heavy (non-hydrogen) atoms. The Morgan fingerprint density at radius 2 is 1.95 bits per heavy atom. The minimum Gasteiger partial charge on any atom is -0.507 e. The molecule has 0 aliphatic rings. The zero-order valence-electron chi connectivity index (χ0n) is 12.3. The maximum absolute atomic E-state index is 10.0. The lowest BCUT2D eigenvalue weighted by molar-refractivity contribution is 0.479. The van der Waals surface area contributed by atoms with Crippen LogP contribution in [0.15, 0.2) is 36.4 Å². The maximum atomic E-state index is 10.0. The molecule has 0 aromatic heterocycles. The van der Waals surface area contributed by atoms with Gasteiger partial charge in [0, 0.05) is 11.8 Å². The highest BCUT2D eigenvalue weighted by molar-refractivity contribution is 7.56. The summed E-state index contributed by atoms with van der Waals surface area (Å²) in [5.41, 5.74) is 3.80. The summed E-state index contributed by atoms with van der Waals surface area (Å²) < 4.78 is 0. The Hall–Kier alpha value is -1.37. The smallest absolute Gasteiger partial charge is 0.123 e. The SMILES string of the molecule is CCNCc1cccc(C)c1Pc1cc(C)ccc1O. The molecule has 2 aromatic carbocycles. The normalized spacial score (nSPS) is 11.3. The third-order valence-corrected chi connectivity index (χ3v) is 4.97. The van der Waals surface area contributed by atoms with Crippen molar-refractivity contribution >= 4 is 19.2 Å². The number of aryl methyl sites for hydroxylation is 2. The van der Waals surface area contributed by atoms with Gasteiger partial charge >= 0.3 is 0 Å². The van der Waals surface area contributed by atoms with Gasteiger partial charge in [-0.2, -0.15) is 0 Å². The molecule has 0 saturated carbocycles. The van der Waals surface area contributed by atoms with Crippen molar-refractivity contribution in [3.8, 4) is 5.75 Å². The number of rotatable bonds is 5. The molecule has 0 aliphatic carbocycles. The zero-order chi connectivity index (χ0) is 14.5.